The number of rotatable bonds is 2. The topological polar surface area (TPSA) is 37.3 Å². The summed E-state index contributed by atoms with van der Waals surface area (Å²) in [5, 5.41) is 8.23. The van der Waals surface area contributed by atoms with Crippen molar-refractivity contribution in [1.82, 2.24) is 0 Å². The number of aliphatic carboxylic acids is 1. The summed E-state index contributed by atoms with van der Waals surface area (Å²) in [6.07, 6.45) is 0. The van der Waals surface area contributed by atoms with E-state index >= 15 is 0 Å². The summed E-state index contributed by atoms with van der Waals surface area (Å²) >= 11 is 0. The van der Waals surface area contributed by atoms with Crippen molar-refractivity contribution in [3.05, 3.63) is 0 Å². The smallest absolute Gasteiger partial charge is 0.359 e. The lowest BCUT2D eigenvalue weighted by Crippen LogP contribution is -2.39. The van der Waals surface area contributed by atoms with E-state index < -0.39 is 5.97 Å². The van der Waals surface area contributed by atoms with Crippen LogP contribution in [0, 0.1) is 0 Å². The molecule has 0 unspecified atom stereocenters. The Bertz CT molecular complexity index is 93.1. The Hall–Kier alpha value is -0.570. The molecule has 3 heteroatoms. The molecule has 8 heavy (non-hydrogen) atoms. The molecule has 1 N–H and O–H groups in total. The van der Waals surface area contributed by atoms with Crippen LogP contribution in [0.25, 0.3) is 0 Å². The SMILES string of the molecule is C[N+](C)([11CH3])CC(=O)O. The normalized spacial score (nSPS) is 11.4. The van der Waals surface area contributed by atoms with Gasteiger partial charge in [-0.25, -0.2) is 4.79 Å². The highest BCUT2D eigenvalue weighted by molar-refractivity contribution is 5.67. The van der Waals surface area contributed by atoms with E-state index in [2.05, 4.69) is 0 Å². The molecule has 0 spiro atoms. The predicted octanol–water partition coefficient (Wildman–Crippen LogP) is -0.223. The largest absolute Gasteiger partial charge is 0.477 e. The quantitative estimate of drug-likeness (QED) is 0.507. The average Bonchev–Trinajstić information content (AvgIpc) is 1.21. The summed E-state index contributed by atoms with van der Waals surface area (Å²) in [4.78, 5) is 10.00. The molecule has 0 aromatic carbocycles. The highest BCUT2D eigenvalue weighted by Gasteiger charge is 2.11. The molecule has 0 rings (SSSR count). The molecular formula is C5H12NO2+. The van der Waals surface area contributed by atoms with E-state index in [-0.39, 0.29) is 6.54 Å². The number of hydrogen-bond acceptors (Lipinski definition) is 1. The monoisotopic (exact) mass is 117 g/mol. The first-order valence-corrected chi connectivity index (χ1v) is 2.44. The van der Waals surface area contributed by atoms with Crippen LogP contribution in [0.4, 0.5) is 0 Å². The second-order valence-electron chi connectivity index (χ2n) is 2.84. The zero-order chi connectivity index (χ0) is 6.78. The molecule has 0 aromatic heterocycles. The molecule has 48 valence electrons. The first-order chi connectivity index (χ1) is 3.42. The van der Waals surface area contributed by atoms with E-state index in [1.165, 1.54) is 0 Å². The fourth-order valence-corrected chi connectivity index (χ4v) is 0.406. The van der Waals surface area contributed by atoms with Gasteiger partial charge in [0.05, 0.1) is 21.1 Å². The Labute approximate surface area is 49.1 Å². The molecule has 3 nitrogen and oxygen atoms in total. The van der Waals surface area contributed by atoms with Gasteiger partial charge in [-0.05, 0) is 0 Å². The number of carboxylic acid groups (broad SMARTS) is 1. The molecule has 0 amide bonds. The summed E-state index contributed by atoms with van der Waals surface area (Å²) < 4.78 is 0.481. The molecule has 0 saturated heterocycles. The minimum atomic E-state index is -0.752. The van der Waals surface area contributed by atoms with Crippen LogP contribution in [-0.2, 0) is 4.79 Å². The second kappa shape index (κ2) is 2.13. The third-order valence-corrected chi connectivity index (χ3v) is 0.610. The fourth-order valence-electron chi connectivity index (χ4n) is 0.406. The Balaban J connectivity index is 3.55. The van der Waals surface area contributed by atoms with Crippen LogP contribution in [0.3, 0.4) is 0 Å². The molecule has 0 aliphatic carbocycles. The van der Waals surface area contributed by atoms with Crippen molar-refractivity contribution in [3.63, 3.8) is 0 Å². The third kappa shape index (κ3) is 5.43. The van der Waals surface area contributed by atoms with Crippen molar-refractivity contribution in [2.75, 3.05) is 27.7 Å². The molecule has 0 aliphatic heterocycles. The van der Waals surface area contributed by atoms with Crippen LogP contribution < -0.4 is 0 Å². The van der Waals surface area contributed by atoms with Gasteiger partial charge in [-0.2, -0.15) is 0 Å². The Morgan fingerprint density at radius 2 is 1.88 bits per heavy atom. The van der Waals surface area contributed by atoms with E-state index in [1.807, 2.05) is 21.1 Å². The third-order valence-electron chi connectivity index (χ3n) is 0.610. The van der Waals surface area contributed by atoms with Gasteiger partial charge in [0.15, 0.2) is 6.54 Å². The zero-order valence-corrected chi connectivity index (χ0v) is 5.51. The summed E-state index contributed by atoms with van der Waals surface area (Å²) in [6, 6.07) is 0. The molecule has 0 aromatic rings. The maximum absolute atomic E-state index is 10.00. The molecule has 0 saturated carbocycles. The minimum absolute atomic E-state index is 0.181. The number of nitrogens with zero attached hydrogens (tertiary/aromatic N) is 1. The first kappa shape index (κ1) is 7.43. The number of carboxylic acids is 1. The molecule has 0 radical (unpaired) electrons. The highest BCUT2D eigenvalue weighted by atomic mass is 16.4. The average molecular weight is 117 g/mol. The van der Waals surface area contributed by atoms with Gasteiger partial charge >= 0.3 is 5.97 Å². The fraction of sp³-hybridized carbons (Fsp3) is 0.800. The van der Waals surface area contributed by atoms with E-state index in [4.69, 9.17) is 5.11 Å². The molecular weight excluding hydrogens is 105 g/mol. The predicted molar refractivity (Wildman–Crippen MR) is 30.5 cm³/mol. The van der Waals surface area contributed by atoms with Gasteiger partial charge in [0.1, 0.15) is 0 Å². The summed E-state index contributed by atoms with van der Waals surface area (Å²) in [5.74, 6) is -0.752. The van der Waals surface area contributed by atoms with Gasteiger partial charge in [-0.3, -0.25) is 0 Å². The highest BCUT2D eigenvalue weighted by Crippen LogP contribution is 1.86. The number of likely N-dealkylation sites (N-methyl/N-ethyl adjacent to an activating group) is 1. The lowest BCUT2D eigenvalue weighted by Gasteiger charge is -2.20. The van der Waals surface area contributed by atoms with Gasteiger partial charge < -0.3 is 9.59 Å². The molecule has 0 bridgehead atoms. The zero-order valence-electron chi connectivity index (χ0n) is 5.51. The van der Waals surface area contributed by atoms with E-state index in [1.54, 1.807) is 0 Å². The molecule has 0 fully saturated rings. The van der Waals surface area contributed by atoms with Gasteiger partial charge in [0, 0.05) is 0 Å². The van der Waals surface area contributed by atoms with Crippen LogP contribution in [-0.4, -0.2) is 43.2 Å². The van der Waals surface area contributed by atoms with Crippen molar-refractivity contribution in [2.45, 2.75) is 0 Å². The lowest BCUT2D eigenvalue weighted by molar-refractivity contribution is -0.862. The summed E-state index contributed by atoms with van der Waals surface area (Å²) in [5.41, 5.74) is 0. The first-order valence-electron chi connectivity index (χ1n) is 2.44. The van der Waals surface area contributed by atoms with Crippen molar-refractivity contribution < 1.29 is 14.4 Å². The van der Waals surface area contributed by atoms with Gasteiger partial charge in [0.25, 0.3) is 0 Å². The maximum atomic E-state index is 10.00. The number of hydrogen-bond donors (Lipinski definition) is 1. The van der Waals surface area contributed by atoms with E-state index in [9.17, 15) is 4.79 Å². The summed E-state index contributed by atoms with van der Waals surface area (Å²) in [7, 11) is 5.52. The van der Waals surface area contributed by atoms with Gasteiger partial charge in [-0.1, -0.05) is 0 Å². The van der Waals surface area contributed by atoms with Crippen LogP contribution in [0.2, 0.25) is 0 Å². The van der Waals surface area contributed by atoms with Gasteiger partial charge in [0.2, 0.25) is 0 Å². The Morgan fingerprint density at radius 3 is 1.88 bits per heavy atom. The van der Waals surface area contributed by atoms with Crippen LogP contribution in [0.5, 0.6) is 0 Å². The van der Waals surface area contributed by atoms with Crippen LogP contribution >= 0.6 is 0 Å². The standard InChI is InChI=1S/C5H11NO2/c1-6(2,3)4-5(7)8/h4H2,1-3H3/p+1/i1-1. The van der Waals surface area contributed by atoms with Crippen molar-refractivity contribution >= 4 is 5.97 Å². The van der Waals surface area contributed by atoms with Crippen molar-refractivity contribution in [3.8, 4) is 0 Å². The summed E-state index contributed by atoms with van der Waals surface area (Å²) in [6.45, 7) is 0.181. The van der Waals surface area contributed by atoms with E-state index in [0.29, 0.717) is 4.48 Å². The molecule has 0 heterocycles. The second-order valence-corrected chi connectivity index (χ2v) is 2.84. The van der Waals surface area contributed by atoms with Crippen molar-refractivity contribution in [2.24, 2.45) is 0 Å². The lowest BCUT2D eigenvalue weighted by atomic mass is 10.3. The van der Waals surface area contributed by atoms with Crippen LogP contribution in [0.15, 0.2) is 0 Å². The van der Waals surface area contributed by atoms with Gasteiger partial charge in [-0.15, -0.1) is 0 Å². The number of carbonyl (C=O) groups is 1. The van der Waals surface area contributed by atoms with Crippen molar-refractivity contribution in [1.29, 1.82) is 0 Å². The Kier molecular flexibility index (Phi) is 1.98. The van der Waals surface area contributed by atoms with Crippen LogP contribution in [0.1, 0.15) is 0 Å². The van der Waals surface area contributed by atoms with E-state index in [0.717, 1.165) is 0 Å². The number of quaternary nitrogens is 1. The molecule has 0 aliphatic rings. The Morgan fingerprint density at radius 1 is 1.50 bits per heavy atom. The molecule has 0 atom stereocenters. The minimum Gasteiger partial charge on any atom is -0.477 e. The maximum Gasteiger partial charge on any atom is 0.359 e.